The number of aromatic nitrogens is 1. The van der Waals surface area contributed by atoms with Crippen molar-refractivity contribution >= 4 is 11.9 Å². The molecule has 1 aromatic rings. The van der Waals surface area contributed by atoms with Crippen LogP contribution in [0.1, 0.15) is 86.7 Å². The van der Waals surface area contributed by atoms with Crippen molar-refractivity contribution in [1.29, 1.82) is 0 Å². The third-order valence-corrected chi connectivity index (χ3v) is 4.24. The number of unbranched alkanes of at least 4 members (excludes halogenated alkanes) is 3. The minimum Gasteiger partial charge on any atom is -0.461 e. The molecule has 1 aromatic heterocycles. The highest BCUT2D eigenvalue weighted by molar-refractivity contribution is 5.91. The summed E-state index contributed by atoms with van der Waals surface area (Å²) in [5.41, 5.74) is 0.248. The molecule has 0 fully saturated rings. The Morgan fingerprint density at radius 3 is 2.32 bits per heavy atom. The van der Waals surface area contributed by atoms with Gasteiger partial charge in [0.05, 0.1) is 6.61 Å². The molecule has 0 amide bonds. The summed E-state index contributed by atoms with van der Waals surface area (Å²) in [5, 5.41) is 0. The molecule has 0 aliphatic rings. The lowest BCUT2D eigenvalue weighted by molar-refractivity contribution is 0.0225. The summed E-state index contributed by atoms with van der Waals surface area (Å²) in [6, 6.07) is 4.72. The van der Waals surface area contributed by atoms with Crippen molar-refractivity contribution in [2.75, 3.05) is 20.3 Å². The number of hydrogen-bond donors (Lipinski definition) is 0. The largest absolute Gasteiger partial charge is 0.461 e. The van der Waals surface area contributed by atoms with E-state index in [0.29, 0.717) is 13.2 Å². The van der Waals surface area contributed by atoms with E-state index in [4.69, 9.17) is 14.2 Å². The zero-order chi connectivity index (χ0) is 20.8. The third kappa shape index (κ3) is 9.83. The van der Waals surface area contributed by atoms with Crippen molar-refractivity contribution in [3.63, 3.8) is 0 Å². The molecule has 0 radical (unpaired) electrons. The van der Waals surface area contributed by atoms with Gasteiger partial charge in [-0.3, -0.25) is 0 Å². The zero-order valence-electron chi connectivity index (χ0n) is 17.7. The number of nitrogens with zero attached hydrogens (tertiary/aromatic N) is 1. The molecule has 28 heavy (non-hydrogen) atoms. The van der Waals surface area contributed by atoms with Crippen LogP contribution in [0.25, 0.3) is 0 Å². The van der Waals surface area contributed by atoms with E-state index in [2.05, 4.69) is 11.9 Å². The average molecular weight is 394 g/mol. The molecule has 0 saturated carbocycles. The van der Waals surface area contributed by atoms with Gasteiger partial charge in [0.25, 0.3) is 0 Å². The Morgan fingerprint density at radius 2 is 1.68 bits per heavy atom. The summed E-state index contributed by atoms with van der Waals surface area (Å²) in [5.74, 6) is -0.798. The Morgan fingerprint density at radius 1 is 1.00 bits per heavy atom. The third-order valence-electron chi connectivity index (χ3n) is 4.24. The predicted molar refractivity (Wildman–Crippen MR) is 108 cm³/mol. The van der Waals surface area contributed by atoms with Crippen molar-refractivity contribution in [1.82, 2.24) is 4.98 Å². The van der Waals surface area contributed by atoms with E-state index in [1.54, 1.807) is 25.3 Å². The summed E-state index contributed by atoms with van der Waals surface area (Å²) in [7, 11) is 1.66. The van der Waals surface area contributed by atoms with Crippen LogP contribution in [-0.4, -0.2) is 43.4 Å². The van der Waals surface area contributed by atoms with Gasteiger partial charge in [0, 0.05) is 13.7 Å². The fourth-order valence-electron chi connectivity index (χ4n) is 2.71. The first-order chi connectivity index (χ1) is 13.5. The van der Waals surface area contributed by atoms with Gasteiger partial charge in [0.1, 0.15) is 17.5 Å². The molecule has 0 spiro atoms. The summed E-state index contributed by atoms with van der Waals surface area (Å²) >= 11 is 0. The number of carbonyl (C=O) groups is 2. The van der Waals surface area contributed by atoms with E-state index >= 15 is 0 Å². The van der Waals surface area contributed by atoms with Crippen LogP contribution in [-0.2, 0) is 14.2 Å². The minimum absolute atomic E-state index is 0.119. The van der Waals surface area contributed by atoms with Crippen molar-refractivity contribution in [3.05, 3.63) is 29.6 Å². The topological polar surface area (TPSA) is 74.7 Å². The van der Waals surface area contributed by atoms with Gasteiger partial charge in [-0.25, -0.2) is 14.6 Å². The van der Waals surface area contributed by atoms with Crippen LogP contribution >= 0.6 is 0 Å². The van der Waals surface area contributed by atoms with E-state index in [1.807, 2.05) is 13.8 Å². The van der Waals surface area contributed by atoms with Gasteiger partial charge in [-0.1, -0.05) is 46.1 Å². The van der Waals surface area contributed by atoms with E-state index in [0.717, 1.165) is 38.5 Å². The average Bonchev–Trinajstić information content (AvgIpc) is 2.69. The summed E-state index contributed by atoms with van der Waals surface area (Å²) in [6.07, 6.45) is 6.74. The molecule has 158 valence electrons. The molecular weight excluding hydrogens is 358 g/mol. The van der Waals surface area contributed by atoms with Crippen LogP contribution in [0.3, 0.4) is 0 Å². The number of pyridine rings is 1. The minimum atomic E-state index is -0.528. The fraction of sp³-hybridized carbons (Fsp3) is 0.682. The molecule has 0 N–H and O–H groups in total. The Labute approximate surface area is 169 Å². The quantitative estimate of drug-likeness (QED) is 0.333. The number of methoxy groups -OCH3 is 1. The Kier molecular flexibility index (Phi) is 12.1. The molecule has 6 heteroatoms. The molecule has 1 heterocycles. The zero-order valence-corrected chi connectivity index (χ0v) is 17.7. The first-order valence-corrected chi connectivity index (χ1v) is 10.3. The number of esters is 2. The molecule has 0 aliphatic heterocycles. The molecule has 1 rings (SSSR count). The van der Waals surface area contributed by atoms with Crippen LogP contribution in [0.4, 0.5) is 0 Å². The van der Waals surface area contributed by atoms with Gasteiger partial charge in [-0.2, -0.15) is 0 Å². The van der Waals surface area contributed by atoms with E-state index < -0.39 is 11.9 Å². The van der Waals surface area contributed by atoms with Gasteiger partial charge >= 0.3 is 11.9 Å². The van der Waals surface area contributed by atoms with Crippen LogP contribution < -0.4 is 0 Å². The maximum atomic E-state index is 12.5. The maximum Gasteiger partial charge on any atom is 0.357 e. The molecule has 1 unspecified atom stereocenters. The summed E-state index contributed by atoms with van der Waals surface area (Å²) < 4.78 is 16.0. The van der Waals surface area contributed by atoms with E-state index in [-0.39, 0.29) is 23.4 Å². The molecule has 0 aromatic carbocycles. The lowest BCUT2D eigenvalue weighted by Crippen LogP contribution is -2.21. The molecule has 6 nitrogen and oxygen atoms in total. The van der Waals surface area contributed by atoms with Gasteiger partial charge in [0.2, 0.25) is 0 Å². The molecular formula is C22H35NO5. The first kappa shape index (κ1) is 24.1. The van der Waals surface area contributed by atoms with Gasteiger partial charge in [-0.05, 0) is 43.7 Å². The number of carbonyl (C=O) groups excluding carboxylic acids is 2. The highest BCUT2D eigenvalue weighted by atomic mass is 16.5. The van der Waals surface area contributed by atoms with Gasteiger partial charge < -0.3 is 14.2 Å². The van der Waals surface area contributed by atoms with Crippen LogP contribution in [0.15, 0.2) is 18.2 Å². The lowest BCUT2D eigenvalue weighted by atomic mass is 10.1. The maximum absolute atomic E-state index is 12.5. The molecule has 1 atom stereocenters. The second-order valence-electron chi connectivity index (χ2n) is 7.41. The SMILES string of the molecule is CCCCCCC(CCCOC)OC(=O)c1cccc(C(=O)OCC(C)C)n1. The number of rotatable bonds is 14. The summed E-state index contributed by atoms with van der Waals surface area (Å²) in [4.78, 5) is 28.8. The molecule has 0 bridgehead atoms. The van der Waals surface area contributed by atoms with Gasteiger partial charge in [0.15, 0.2) is 0 Å². The Bertz CT molecular complexity index is 588. The standard InChI is InChI=1S/C22H35NO5/c1-5-6-7-8-11-18(12-10-15-26-4)28-22(25)20-14-9-13-19(23-20)21(24)27-16-17(2)3/h9,13-14,17-18H,5-8,10-12,15-16H2,1-4H3. The molecule has 0 saturated heterocycles. The second-order valence-corrected chi connectivity index (χ2v) is 7.41. The van der Waals surface area contributed by atoms with Crippen molar-refractivity contribution < 1.29 is 23.8 Å². The highest BCUT2D eigenvalue weighted by Gasteiger charge is 2.19. The fourth-order valence-corrected chi connectivity index (χ4v) is 2.71. The van der Waals surface area contributed by atoms with E-state index in [1.165, 1.54) is 6.42 Å². The van der Waals surface area contributed by atoms with Crippen LogP contribution in [0.2, 0.25) is 0 Å². The summed E-state index contributed by atoms with van der Waals surface area (Å²) in [6.45, 7) is 7.03. The number of ether oxygens (including phenoxy) is 3. The normalized spacial score (nSPS) is 12.0. The van der Waals surface area contributed by atoms with Crippen LogP contribution in [0, 0.1) is 5.92 Å². The highest BCUT2D eigenvalue weighted by Crippen LogP contribution is 2.15. The molecule has 0 aliphatic carbocycles. The Balaban J connectivity index is 2.69. The predicted octanol–water partition coefficient (Wildman–Crippen LogP) is 4.82. The lowest BCUT2D eigenvalue weighted by Gasteiger charge is -2.18. The van der Waals surface area contributed by atoms with Crippen molar-refractivity contribution in [2.24, 2.45) is 5.92 Å². The monoisotopic (exact) mass is 393 g/mol. The van der Waals surface area contributed by atoms with Gasteiger partial charge in [-0.15, -0.1) is 0 Å². The number of hydrogen-bond acceptors (Lipinski definition) is 6. The van der Waals surface area contributed by atoms with Crippen molar-refractivity contribution in [3.8, 4) is 0 Å². The van der Waals surface area contributed by atoms with E-state index in [9.17, 15) is 9.59 Å². The first-order valence-electron chi connectivity index (χ1n) is 10.3. The van der Waals surface area contributed by atoms with Crippen molar-refractivity contribution in [2.45, 2.75) is 71.8 Å². The second kappa shape index (κ2) is 14.1. The Hall–Kier alpha value is -1.95. The smallest absolute Gasteiger partial charge is 0.357 e. The van der Waals surface area contributed by atoms with Crippen LogP contribution in [0.5, 0.6) is 0 Å².